The first-order chi connectivity index (χ1) is 6.29. The van der Waals surface area contributed by atoms with E-state index in [9.17, 15) is 0 Å². The summed E-state index contributed by atoms with van der Waals surface area (Å²) in [4.78, 5) is 0. The summed E-state index contributed by atoms with van der Waals surface area (Å²) in [5.74, 6) is 0. The maximum atomic E-state index is 3.87. The van der Waals surface area contributed by atoms with E-state index in [-0.39, 0.29) is 0 Å². The van der Waals surface area contributed by atoms with E-state index in [2.05, 4.69) is 37.8 Å². The van der Waals surface area contributed by atoms with Crippen LogP contribution >= 0.6 is 0 Å². The quantitative estimate of drug-likeness (QED) is 0.605. The molecule has 0 nitrogen and oxygen atoms in total. The average molecular weight is 176 g/mol. The summed E-state index contributed by atoms with van der Waals surface area (Å²) in [6, 6.07) is 10.5. The van der Waals surface area contributed by atoms with Crippen LogP contribution in [0.3, 0.4) is 0 Å². The van der Waals surface area contributed by atoms with Crippen LogP contribution < -0.4 is 0 Å². The van der Waals surface area contributed by atoms with Crippen LogP contribution in [0.4, 0.5) is 0 Å². The van der Waals surface area contributed by atoms with Gasteiger partial charge in [-0.1, -0.05) is 49.8 Å². The minimum Gasteiger partial charge on any atom is -0.100 e. The standard InChI is InChI=1S/C11H14.C2H6/c1-10(2)8-9-11-6-4-3-5-7-11;1-2/h3-7H,1,8-9H2,2H3;1-2H3. The van der Waals surface area contributed by atoms with Crippen LogP contribution in [0.15, 0.2) is 42.5 Å². The molecule has 0 amide bonds. The minimum atomic E-state index is 1.10. The van der Waals surface area contributed by atoms with Crippen molar-refractivity contribution in [3.63, 3.8) is 0 Å². The third-order valence-electron chi connectivity index (χ3n) is 1.68. The highest BCUT2D eigenvalue weighted by atomic mass is 14.0. The highest BCUT2D eigenvalue weighted by Gasteiger charge is 1.90. The van der Waals surface area contributed by atoms with Crippen LogP contribution in [0, 0.1) is 0 Å². The molecule has 0 heterocycles. The Bertz CT molecular complexity index is 221. The normalized spacial score (nSPS) is 8.54. The molecule has 72 valence electrons. The summed E-state index contributed by atoms with van der Waals surface area (Å²) < 4.78 is 0. The Balaban J connectivity index is 0.000000671. The Morgan fingerprint density at radius 2 is 1.69 bits per heavy atom. The molecule has 0 atom stereocenters. The molecule has 0 unspecified atom stereocenters. The van der Waals surface area contributed by atoms with E-state index < -0.39 is 0 Å². The lowest BCUT2D eigenvalue weighted by Crippen LogP contribution is -1.83. The van der Waals surface area contributed by atoms with Crippen molar-refractivity contribution < 1.29 is 0 Å². The SMILES string of the molecule is C=C(C)CCc1ccccc1.CC. The van der Waals surface area contributed by atoms with Gasteiger partial charge in [0.1, 0.15) is 0 Å². The molecule has 0 radical (unpaired) electrons. The Hall–Kier alpha value is -1.04. The Morgan fingerprint density at radius 1 is 1.15 bits per heavy atom. The third-order valence-corrected chi connectivity index (χ3v) is 1.68. The lowest BCUT2D eigenvalue weighted by Gasteiger charge is -1.98. The van der Waals surface area contributed by atoms with Gasteiger partial charge in [-0.15, -0.1) is 6.58 Å². The fourth-order valence-electron chi connectivity index (χ4n) is 1.00. The largest absolute Gasteiger partial charge is 0.100 e. The van der Waals surface area contributed by atoms with E-state index in [1.54, 1.807) is 0 Å². The fraction of sp³-hybridized carbons (Fsp3) is 0.385. The number of benzene rings is 1. The van der Waals surface area contributed by atoms with Gasteiger partial charge in [0.05, 0.1) is 0 Å². The second-order valence-electron chi connectivity index (χ2n) is 2.94. The van der Waals surface area contributed by atoms with Gasteiger partial charge < -0.3 is 0 Å². The smallest absolute Gasteiger partial charge is 0.0242 e. The second kappa shape index (κ2) is 7.60. The van der Waals surface area contributed by atoms with Gasteiger partial charge in [0.2, 0.25) is 0 Å². The summed E-state index contributed by atoms with van der Waals surface area (Å²) in [6.07, 6.45) is 2.22. The van der Waals surface area contributed by atoms with Gasteiger partial charge in [0.25, 0.3) is 0 Å². The molecule has 1 rings (SSSR count). The number of hydrogen-bond donors (Lipinski definition) is 0. The van der Waals surface area contributed by atoms with E-state index in [0.29, 0.717) is 0 Å². The van der Waals surface area contributed by atoms with E-state index in [1.165, 1.54) is 11.1 Å². The molecule has 1 aromatic carbocycles. The van der Waals surface area contributed by atoms with Crippen LogP contribution in [0.5, 0.6) is 0 Å². The Morgan fingerprint density at radius 3 is 2.15 bits per heavy atom. The van der Waals surface area contributed by atoms with E-state index in [4.69, 9.17) is 0 Å². The minimum absolute atomic E-state index is 1.10. The molecular formula is C13H20. The first-order valence-corrected chi connectivity index (χ1v) is 4.97. The molecule has 13 heavy (non-hydrogen) atoms. The van der Waals surface area contributed by atoms with Crippen molar-refractivity contribution >= 4 is 0 Å². The first kappa shape index (κ1) is 12.0. The molecular weight excluding hydrogens is 156 g/mol. The third kappa shape index (κ3) is 6.15. The van der Waals surface area contributed by atoms with Crippen molar-refractivity contribution in [1.82, 2.24) is 0 Å². The lowest BCUT2D eigenvalue weighted by molar-refractivity contribution is 0.946. The van der Waals surface area contributed by atoms with Crippen molar-refractivity contribution in [2.75, 3.05) is 0 Å². The summed E-state index contributed by atoms with van der Waals surface area (Å²) >= 11 is 0. The number of aryl methyl sites for hydroxylation is 1. The van der Waals surface area contributed by atoms with E-state index in [0.717, 1.165) is 12.8 Å². The molecule has 0 aliphatic carbocycles. The van der Waals surface area contributed by atoms with Crippen LogP contribution in [-0.4, -0.2) is 0 Å². The molecule has 0 fully saturated rings. The molecule has 0 aliphatic rings. The van der Waals surface area contributed by atoms with E-state index >= 15 is 0 Å². The molecule has 0 bridgehead atoms. The van der Waals surface area contributed by atoms with Gasteiger partial charge in [-0.05, 0) is 25.3 Å². The maximum Gasteiger partial charge on any atom is -0.0242 e. The second-order valence-corrected chi connectivity index (χ2v) is 2.94. The van der Waals surface area contributed by atoms with Crippen molar-refractivity contribution in [3.05, 3.63) is 48.0 Å². The van der Waals surface area contributed by atoms with Gasteiger partial charge >= 0.3 is 0 Å². The average Bonchev–Trinajstić information content (AvgIpc) is 2.19. The van der Waals surface area contributed by atoms with Gasteiger partial charge in [0, 0.05) is 0 Å². The zero-order valence-electron chi connectivity index (χ0n) is 9.01. The van der Waals surface area contributed by atoms with Crippen LogP contribution in [-0.2, 0) is 6.42 Å². The Kier molecular flexibility index (Phi) is 6.99. The molecule has 0 saturated heterocycles. The van der Waals surface area contributed by atoms with Gasteiger partial charge in [-0.25, -0.2) is 0 Å². The molecule has 0 aromatic heterocycles. The zero-order chi connectivity index (χ0) is 10.1. The zero-order valence-corrected chi connectivity index (χ0v) is 9.01. The molecule has 1 aromatic rings. The summed E-state index contributed by atoms with van der Waals surface area (Å²) in [7, 11) is 0. The van der Waals surface area contributed by atoms with Crippen LogP contribution in [0.1, 0.15) is 32.8 Å². The maximum absolute atomic E-state index is 3.87. The summed E-state index contributed by atoms with van der Waals surface area (Å²) in [5.41, 5.74) is 2.66. The lowest BCUT2D eigenvalue weighted by atomic mass is 10.1. The van der Waals surface area contributed by atoms with E-state index in [1.807, 2.05) is 19.9 Å². The van der Waals surface area contributed by atoms with Crippen molar-refractivity contribution in [3.8, 4) is 0 Å². The number of hydrogen-bond acceptors (Lipinski definition) is 0. The molecule has 0 spiro atoms. The highest BCUT2D eigenvalue weighted by Crippen LogP contribution is 2.06. The predicted molar refractivity (Wildman–Crippen MR) is 60.9 cm³/mol. The highest BCUT2D eigenvalue weighted by molar-refractivity contribution is 5.15. The summed E-state index contributed by atoms with van der Waals surface area (Å²) in [5, 5.41) is 0. The van der Waals surface area contributed by atoms with Gasteiger partial charge in [-0.2, -0.15) is 0 Å². The first-order valence-electron chi connectivity index (χ1n) is 4.97. The fourth-order valence-corrected chi connectivity index (χ4v) is 1.00. The molecule has 0 N–H and O–H groups in total. The van der Waals surface area contributed by atoms with Crippen molar-refractivity contribution in [2.24, 2.45) is 0 Å². The van der Waals surface area contributed by atoms with Gasteiger partial charge in [0.15, 0.2) is 0 Å². The molecule has 0 aliphatic heterocycles. The summed E-state index contributed by atoms with van der Waals surface area (Å²) in [6.45, 7) is 9.94. The predicted octanol–water partition coefficient (Wildman–Crippen LogP) is 4.22. The monoisotopic (exact) mass is 176 g/mol. The molecule has 0 saturated carbocycles. The van der Waals surface area contributed by atoms with Crippen molar-refractivity contribution in [1.29, 1.82) is 0 Å². The van der Waals surface area contributed by atoms with Gasteiger partial charge in [-0.3, -0.25) is 0 Å². The topological polar surface area (TPSA) is 0 Å². The Labute approximate surface area is 82.3 Å². The number of allylic oxidation sites excluding steroid dienone is 1. The number of rotatable bonds is 3. The van der Waals surface area contributed by atoms with Crippen LogP contribution in [0.25, 0.3) is 0 Å². The van der Waals surface area contributed by atoms with Crippen molar-refractivity contribution in [2.45, 2.75) is 33.6 Å². The van der Waals surface area contributed by atoms with Crippen LogP contribution in [0.2, 0.25) is 0 Å². The molecule has 0 heteroatoms.